The van der Waals surface area contributed by atoms with Gasteiger partial charge in [-0.3, -0.25) is 15.2 Å². The third kappa shape index (κ3) is 2.76. The second-order valence-electron chi connectivity index (χ2n) is 4.18. The molecule has 0 radical (unpaired) electrons. The summed E-state index contributed by atoms with van der Waals surface area (Å²) in [4.78, 5) is 16.1. The van der Waals surface area contributed by atoms with Crippen LogP contribution in [0.2, 0.25) is 0 Å². The predicted molar refractivity (Wildman–Crippen MR) is 59.1 cm³/mol. The topological polar surface area (TPSA) is 45.2 Å². The van der Waals surface area contributed by atoms with Gasteiger partial charge in [-0.1, -0.05) is 6.07 Å². The van der Waals surface area contributed by atoms with Gasteiger partial charge in [-0.25, -0.2) is 5.01 Å². The van der Waals surface area contributed by atoms with Crippen LogP contribution in [0.4, 0.5) is 0 Å². The maximum atomic E-state index is 11.9. The van der Waals surface area contributed by atoms with E-state index in [0.717, 1.165) is 5.69 Å². The summed E-state index contributed by atoms with van der Waals surface area (Å²) < 4.78 is 0. The Balaban J connectivity index is 2.88. The minimum Gasteiger partial charge on any atom is -0.289 e. The van der Waals surface area contributed by atoms with Gasteiger partial charge in [-0.15, -0.1) is 0 Å². The van der Waals surface area contributed by atoms with Crippen molar-refractivity contribution < 1.29 is 4.79 Å². The number of carbonyl (C=O) groups excluding carboxylic acids is 1. The number of hydrogen-bond acceptors (Lipinski definition) is 3. The normalized spacial score (nSPS) is 11.5. The lowest BCUT2D eigenvalue weighted by Crippen LogP contribution is -2.46. The largest absolute Gasteiger partial charge is 0.289 e. The molecule has 0 bridgehead atoms. The van der Waals surface area contributed by atoms with Crippen molar-refractivity contribution in [3.8, 4) is 0 Å². The van der Waals surface area contributed by atoms with E-state index < -0.39 is 5.41 Å². The average molecular weight is 207 g/mol. The van der Waals surface area contributed by atoms with Crippen LogP contribution in [0.1, 0.15) is 19.5 Å². The molecule has 4 heteroatoms. The summed E-state index contributed by atoms with van der Waals surface area (Å²) in [5.41, 5.74) is 2.88. The molecule has 1 rings (SSSR count). The van der Waals surface area contributed by atoms with Gasteiger partial charge in [-0.2, -0.15) is 0 Å². The molecular formula is C11H17N3O. The standard InChI is InChI=1S/C11H17N3O/c1-11(2,10(15)13-14(3)4)9-7-5-6-8-12-9/h5-8H,1-4H3,(H,13,15). The van der Waals surface area contributed by atoms with Crippen LogP contribution in [0, 0.1) is 0 Å². The fourth-order valence-electron chi connectivity index (χ4n) is 1.19. The molecule has 15 heavy (non-hydrogen) atoms. The van der Waals surface area contributed by atoms with Gasteiger partial charge in [0.05, 0.1) is 11.1 Å². The Labute approximate surface area is 90.3 Å². The smallest absolute Gasteiger partial charge is 0.245 e. The van der Waals surface area contributed by atoms with Crippen LogP contribution in [-0.4, -0.2) is 30.0 Å². The number of hydrazine groups is 1. The molecular weight excluding hydrogens is 190 g/mol. The van der Waals surface area contributed by atoms with Crippen molar-refractivity contribution in [2.45, 2.75) is 19.3 Å². The number of hydrogen-bond donors (Lipinski definition) is 1. The van der Waals surface area contributed by atoms with Crippen LogP contribution < -0.4 is 5.43 Å². The third-order valence-corrected chi connectivity index (χ3v) is 2.20. The lowest BCUT2D eigenvalue weighted by atomic mass is 9.88. The molecule has 0 unspecified atom stereocenters. The number of rotatable bonds is 3. The van der Waals surface area contributed by atoms with Crippen molar-refractivity contribution >= 4 is 5.91 Å². The first-order chi connectivity index (χ1) is 6.94. The molecule has 1 N–H and O–H groups in total. The molecule has 0 aliphatic carbocycles. The van der Waals surface area contributed by atoms with Crippen LogP contribution >= 0.6 is 0 Å². The van der Waals surface area contributed by atoms with Crippen LogP contribution in [0.25, 0.3) is 0 Å². The molecule has 0 aliphatic rings. The third-order valence-electron chi connectivity index (χ3n) is 2.20. The van der Waals surface area contributed by atoms with E-state index >= 15 is 0 Å². The second kappa shape index (κ2) is 4.40. The predicted octanol–water partition coefficient (Wildman–Crippen LogP) is 0.952. The molecule has 0 atom stereocenters. The Morgan fingerprint density at radius 3 is 2.53 bits per heavy atom. The number of aromatic nitrogens is 1. The second-order valence-corrected chi connectivity index (χ2v) is 4.18. The first-order valence-electron chi connectivity index (χ1n) is 4.84. The summed E-state index contributed by atoms with van der Waals surface area (Å²) in [6.07, 6.45) is 1.69. The van der Waals surface area contributed by atoms with Gasteiger partial charge >= 0.3 is 0 Å². The summed E-state index contributed by atoms with van der Waals surface area (Å²) >= 11 is 0. The number of carbonyl (C=O) groups is 1. The Morgan fingerprint density at radius 1 is 1.40 bits per heavy atom. The first kappa shape index (κ1) is 11.7. The Kier molecular flexibility index (Phi) is 3.42. The zero-order valence-corrected chi connectivity index (χ0v) is 9.61. The van der Waals surface area contributed by atoms with Gasteiger partial charge in [0.1, 0.15) is 0 Å². The molecule has 0 aromatic carbocycles. The number of pyridine rings is 1. The molecule has 4 nitrogen and oxygen atoms in total. The SMILES string of the molecule is CN(C)NC(=O)C(C)(C)c1ccccn1. The maximum Gasteiger partial charge on any atom is 0.245 e. The van der Waals surface area contributed by atoms with Crippen LogP contribution in [-0.2, 0) is 10.2 Å². The van der Waals surface area contributed by atoms with E-state index in [1.807, 2.05) is 32.0 Å². The minimum atomic E-state index is -0.620. The van der Waals surface area contributed by atoms with Crippen molar-refractivity contribution in [2.75, 3.05) is 14.1 Å². The van der Waals surface area contributed by atoms with Gasteiger partial charge in [0.25, 0.3) is 0 Å². The van der Waals surface area contributed by atoms with Crippen molar-refractivity contribution in [1.29, 1.82) is 0 Å². The minimum absolute atomic E-state index is 0.0637. The molecule has 1 heterocycles. The molecule has 0 saturated heterocycles. The number of amides is 1. The molecule has 0 spiro atoms. The highest BCUT2D eigenvalue weighted by atomic mass is 16.2. The molecule has 1 amide bonds. The van der Waals surface area contributed by atoms with E-state index in [0.29, 0.717) is 0 Å². The van der Waals surface area contributed by atoms with Gasteiger partial charge in [0.15, 0.2) is 0 Å². The van der Waals surface area contributed by atoms with Gasteiger partial charge in [-0.05, 0) is 26.0 Å². The van der Waals surface area contributed by atoms with E-state index in [9.17, 15) is 4.79 Å². The highest BCUT2D eigenvalue weighted by Gasteiger charge is 2.31. The van der Waals surface area contributed by atoms with E-state index in [1.54, 1.807) is 25.3 Å². The summed E-state index contributed by atoms with van der Waals surface area (Å²) in [5, 5.41) is 1.63. The lowest BCUT2D eigenvalue weighted by molar-refractivity contribution is -0.129. The number of nitrogens with zero attached hydrogens (tertiary/aromatic N) is 2. The highest BCUT2D eigenvalue weighted by molar-refractivity contribution is 5.86. The lowest BCUT2D eigenvalue weighted by Gasteiger charge is -2.25. The van der Waals surface area contributed by atoms with E-state index in [1.165, 1.54) is 0 Å². The monoisotopic (exact) mass is 207 g/mol. The summed E-state index contributed by atoms with van der Waals surface area (Å²) in [5.74, 6) is -0.0637. The van der Waals surface area contributed by atoms with Gasteiger partial charge in [0.2, 0.25) is 5.91 Å². The van der Waals surface area contributed by atoms with Crippen LogP contribution in [0.3, 0.4) is 0 Å². The number of nitrogens with one attached hydrogen (secondary N) is 1. The Hall–Kier alpha value is -1.42. The van der Waals surface area contributed by atoms with Crippen LogP contribution in [0.5, 0.6) is 0 Å². The fraction of sp³-hybridized carbons (Fsp3) is 0.455. The van der Waals surface area contributed by atoms with Crippen molar-refractivity contribution in [1.82, 2.24) is 15.4 Å². The van der Waals surface area contributed by atoms with Crippen molar-refractivity contribution in [3.63, 3.8) is 0 Å². The van der Waals surface area contributed by atoms with Crippen molar-refractivity contribution in [2.24, 2.45) is 0 Å². The fourth-order valence-corrected chi connectivity index (χ4v) is 1.19. The maximum absolute atomic E-state index is 11.9. The highest BCUT2D eigenvalue weighted by Crippen LogP contribution is 2.20. The summed E-state index contributed by atoms with van der Waals surface area (Å²) in [7, 11) is 3.57. The summed E-state index contributed by atoms with van der Waals surface area (Å²) in [6, 6.07) is 5.58. The Morgan fingerprint density at radius 2 is 2.07 bits per heavy atom. The average Bonchev–Trinajstić information content (AvgIpc) is 2.18. The molecule has 1 aromatic rings. The van der Waals surface area contributed by atoms with E-state index in [2.05, 4.69) is 10.4 Å². The van der Waals surface area contributed by atoms with Gasteiger partial charge in [0, 0.05) is 20.3 Å². The quantitative estimate of drug-likeness (QED) is 0.751. The molecule has 1 aromatic heterocycles. The molecule has 0 aliphatic heterocycles. The first-order valence-corrected chi connectivity index (χ1v) is 4.84. The van der Waals surface area contributed by atoms with Crippen LogP contribution in [0.15, 0.2) is 24.4 Å². The zero-order chi connectivity index (χ0) is 11.5. The van der Waals surface area contributed by atoms with Crippen molar-refractivity contribution in [3.05, 3.63) is 30.1 Å². The zero-order valence-electron chi connectivity index (χ0n) is 9.61. The summed E-state index contributed by atoms with van der Waals surface area (Å²) in [6.45, 7) is 3.71. The molecule has 82 valence electrons. The Bertz CT molecular complexity index is 333. The van der Waals surface area contributed by atoms with E-state index in [4.69, 9.17) is 0 Å². The van der Waals surface area contributed by atoms with Gasteiger partial charge < -0.3 is 0 Å². The molecule has 0 fully saturated rings. The van der Waals surface area contributed by atoms with E-state index in [-0.39, 0.29) is 5.91 Å². The molecule has 0 saturated carbocycles.